The second-order valence-electron chi connectivity index (χ2n) is 4.20. The van der Waals surface area contributed by atoms with Gasteiger partial charge in [0.1, 0.15) is 15.6 Å². The summed E-state index contributed by atoms with van der Waals surface area (Å²) >= 11 is 0.848. The number of carboxylic acid groups (broad SMARTS) is 1. The summed E-state index contributed by atoms with van der Waals surface area (Å²) in [6, 6.07) is 7.10. The minimum absolute atomic E-state index is 0.0562. The molecule has 0 spiro atoms. The van der Waals surface area contributed by atoms with Crippen LogP contribution in [-0.2, 0) is 16.4 Å². The zero-order valence-corrected chi connectivity index (χ0v) is 12.4. The summed E-state index contributed by atoms with van der Waals surface area (Å²) in [5, 5.41) is 10.3. The summed E-state index contributed by atoms with van der Waals surface area (Å²) in [5.41, 5.74) is 0.654. The minimum atomic E-state index is -3.89. The molecule has 0 atom stereocenters. The predicted octanol–water partition coefficient (Wildman–Crippen LogP) is 2.11. The van der Waals surface area contributed by atoms with Gasteiger partial charge in [0, 0.05) is 6.54 Å². The molecule has 0 aliphatic rings. The van der Waals surface area contributed by atoms with Crippen molar-refractivity contribution < 1.29 is 22.7 Å². The van der Waals surface area contributed by atoms with Gasteiger partial charge in [-0.15, -0.1) is 11.3 Å². The van der Waals surface area contributed by atoms with Gasteiger partial charge < -0.3 is 5.11 Å². The van der Waals surface area contributed by atoms with Crippen LogP contribution in [0.15, 0.2) is 40.6 Å². The molecule has 2 N–H and O–H groups in total. The number of carbonyl (C=O) groups is 1. The number of rotatable bonds is 6. The van der Waals surface area contributed by atoms with Crippen LogP contribution < -0.4 is 4.72 Å². The molecule has 0 amide bonds. The molecule has 5 nitrogen and oxygen atoms in total. The number of hydrogen-bond donors (Lipinski definition) is 2. The highest BCUT2D eigenvalue weighted by Gasteiger charge is 2.23. The lowest BCUT2D eigenvalue weighted by molar-refractivity contribution is 0.0698. The van der Waals surface area contributed by atoms with E-state index in [-0.39, 0.29) is 22.1 Å². The van der Waals surface area contributed by atoms with Crippen molar-refractivity contribution in [2.45, 2.75) is 11.3 Å². The zero-order valence-electron chi connectivity index (χ0n) is 10.7. The van der Waals surface area contributed by atoms with E-state index in [4.69, 9.17) is 5.11 Å². The van der Waals surface area contributed by atoms with Crippen LogP contribution in [0.25, 0.3) is 0 Å². The summed E-state index contributed by atoms with van der Waals surface area (Å²) in [4.78, 5) is 10.5. The Bertz CT molecular complexity index is 755. The van der Waals surface area contributed by atoms with Gasteiger partial charge in [0.2, 0.25) is 10.0 Å². The van der Waals surface area contributed by atoms with Crippen LogP contribution in [0.3, 0.4) is 0 Å². The fraction of sp³-hybridized carbons (Fsp3) is 0.154. The van der Waals surface area contributed by atoms with Crippen molar-refractivity contribution in [1.29, 1.82) is 0 Å². The molecule has 2 rings (SSSR count). The number of thiophene rings is 1. The SMILES string of the molecule is O=C(O)c1sccc1S(=O)(=O)NCCc1cccc(F)c1. The second-order valence-corrected chi connectivity index (χ2v) is 6.85. The van der Waals surface area contributed by atoms with Crippen molar-refractivity contribution in [1.82, 2.24) is 4.72 Å². The van der Waals surface area contributed by atoms with Crippen LogP contribution in [0, 0.1) is 5.82 Å². The maximum Gasteiger partial charge on any atom is 0.347 e. The summed E-state index contributed by atoms with van der Waals surface area (Å²) in [6.07, 6.45) is 0.309. The quantitative estimate of drug-likeness (QED) is 0.850. The summed E-state index contributed by atoms with van der Waals surface area (Å²) in [7, 11) is -3.89. The van der Waals surface area contributed by atoms with Crippen LogP contribution in [0.2, 0.25) is 0 Å². The van der Waals surface area contributed by atoms with E-state index in [9.17, 15) is 17.6 Å². The minimum Gasteiger partial charge on any atom is -0.477 e. The second kappa shape index (κ2) is 6.33. The molecule has 112 valence electrons. The van der Waals surface area contributed by atoms with Crippen LogP contribution in [0.1, 0.15) is 15.2 Å². The largest absolute Gasteiger partial charge is 0.477 e. The molecule has 0 bridgehead atoms. The number of sulfonamides is 1. The van der Waals surface area contributed by atoms with Crippen molar-refractivity contribution in [3.63, 3.8) is 0 Å². The van der Waals surface area contributed by atoms with Crippen LogP contribution in [0.4, 0.5) is 4.39 Å². The van der Waals surface area contributed by atoms with E-state index < -0.39 is 16.0 Å². The highest BCUT2D eigenvalue weighted by molar-refractivity contribution is 7.89. The Kier molecular flexibility index (Phi) is 4.71. The lowest BCUT2D eigenvalue weighted by Crippen LogP contribution is -2.26. The van der Waals surface area contributed by atoms with Crippen LogP contribution in [0.5, 0.6) is 0 Å². The topological polar surface area (TPSA) is 83.5 Å². The van der Waals surface area contributed by atoms with Crippen molar-refractivity contribution in [3.8, 4) is 0 Å². The summed E-state index contributed by atoms with van der Waals surface area (Å²) < 4.78 is 39.4. The van der Waals surface area contributed by atoms with Crippen LogP contribution >= 0.6 is 11.3 Å². The first-order valence-electron chi connectivity index (χ1n) is 5.95. The molecule has 0 aliphatic heterocycles. The molecule has 0 saturated carbocycles. The maximum atomic E-state index is 13.0. The molecule has 1 aromatic carbocycles. The fourth-order valence-electron chi connectivity index (χ4n) is 1.76. The Morgan fingerprint density at radius 3 is 2.76 bits per heavy atom. The fourth-order valence-corrected chi connectivity index (χ4v) is 4.05. The van der Waals surface area contributed by atoms with E-state index >= 15 is 0 Å². The lowest BCUT2D eigenvalue weighted by atomic mass is 10.1. The van der Waals surface area contributed by atoms with Crippen molar-refractivity contribution in [3.05, 3.63) is 52.0 Å². The van der Waals surface area contributed by atoms with E-state index in [1.165, 1.54) is 23.6 Å². The van der Waals surface area contributed by atoms with Crippen molar-refractivity contribution in [2.75, 3.05) is 6.54 Å². The molecular formula is C13H12FNO4S2. The van der Waals surface area contributed by atoms with E-state index in [2.05, 4.69) is 4.72 Å². The van der Waals surface area contributed by atoms with Gasteiger partial charge in [-0.2, -0.15) is 0 Å². The number of aromatic carboxylic acids is 1. The molecule has 8 heteroatoms. The first-order chi connectivity index (χ1) is 9.90. The third-order valence-corrected chi connectivity index (χ3v) is 5.24. The first-order valence-corrected chi connectivity index (χ1v) is 8.31. The van der Waals surface area contributed by atoms with Crippen LogP contribution in [-0.4, -0.2) is 26.0 Å². The third-order valence-electron chi connectivity index (χ3n) is 2.71. The number of hydrogen-bond acceptors (Lipinski definition) is 4. The van der Waals surface area contributed by atoms with Gasteiger partial charge in [-0.1, -0.05) is 12.1 Å². The first kappa shape index (κ1) is 15.6. The zero-order chi connectivity index (χ0) is 15.5. The average Bonchev–Trinajstić information content (AvgIpc) is 2.88. The Morgan fingerprint density at radius 1 is 1.33 bits per heavy atom. The highest BCUT2D eigenvalue weighted by atomic mass is 32.2. The van der Waals surface area contributed by atoms with Gasteiger partial charge >= 0.3 is 5.97 Å². The van der Waals surface area contributed by atoms with E-state index in [0.29, 0.717) is 12.0 Å². The molecule has 0 aliphatic carbocycles. The normalized spacial score (nSPS) is 11.5. The molecule has 0 radical (unpaired) electrons. The molecule has 0 saturated heterocycles. The third kappa shape index (κ3) is 3.87. The van der Waals surface area contributed by atoms with E-state index in [1.807, 2.05) is 0 Å². The number of benzene rings is 1. The maximum absolute atomic E-state index is 13.0. The average molecular weight is 329 g/mol. The summed E-state index contributed by atoms with van der Waals surface area (Å²) in [6.45, 7) is 0.0562. The van der Waals surface area contributed by atoms with Gasteiger partial charge in [-0.3, -0.25) is 0 Å². The molecule has 1 heterocycles. The molecule has 0 unspecified atom stereocenters. The smallest absolute Gasteiger partial charge is 0.347 e. The van der Waals surface area contributed by atoms with Crippen molar-refractivity contribution in [2.24, 2.45) is 0 Å². The molecule has 2 aromatic rings. The highest BCUT2D eigenvalue weighted by Crippen LogP contribution is 2.21. The number of nitrogens with one attached hydrogen (secondary N) is 1. The molecule has 21 heavy (non-hydrogen) atoms. The lowest BCUT2D eigenvalue weighted by Gasteiger charge is -2.06. The Labute approximate surface area is 125 Å². The number of carboxylic acids is 1. The van der Waals surface area contributed by atoms with Gasteiger partial charge in [0.05, 0.1) is 0 Å². The molecular weight excluding hydrogens is 317 g/mol. The Balaban J connectivity index is 2.05. The standard InChI is InChI=1S/C13H12FNO4S2/c14-10-3-1-2-9(8-10)4-6-15-21(18,19)11-5-7-20-12(11)13(16)17/h1-3,5,7-8,15H,4,6H2,(H,16,17). The van der Waals surface area contributed by atoms with Gasteiger partial charge in [-0.25, -0.2) is 22.3 Å². The van der Waals surface area contributed by atoms with Crippen molar-refractivity contribution >= 4 is 27.3 Å². The Hall–Kier alpha value is -1.77. The van der Waals surface area contributed by atoms with Gasteiger partial charge in [-0.05, 0) is 35.6 Å². The molecule has 0 fully saturated rings. The monoisotopic (exact) mass is 329 g/mol. The van der Waals surface area contributed by atoms with Gasteiger partial charge in [0.15, 0.2) is 0 Å². The van der Waals surface area contributed by atoms with Gasteiger partial charge in [0.25, 0.3) is 0 Å². The summed E-state index contributed by atoms with van der Waals surface area (Å²) in [5.74, 6) is -1.67. The Morgan fingerprint density at radius 2 is 2.10 bits per heavy atom. The van der Waals surface area contributed by atoms with E-state index in [1.54, 1.807) is 12.1 Å². The number of halogens is 1. The molecule has 1 aromatic heterocycles. The van der Waals surface area contributed by atoms with E-state index in [0.717, 1.165) is 11.3 Å². The predicted molar refractivity (Wildman–Crippen MR) is 76.6 cm³/mol.